The molecule has 0 aliphatic carbocycles. The van der Waals surface area contributed by atoms with Crippen molar-refractivity contribution in [2.75, 3.05) is 33.9 Å². The van der Waals surface area contributed by atoms with Gasteiger partial charge >= 0.3 is 5.97 Å². The van der Waals surface area contributed by atoms with E-state index in [-0.39, 0.29) is 24.6 Å². The van der Waals surface area contributed by atoms with Gasteiger partial charge in [0, 0.05) is 24.7 Å². The zero-order valence-electron chi connectivity index (χ0n) is 17.0. The zero-order chi connectivity index (χ0) is 21.5. The summed E-state index contributed by atoms with van der Waals surface area (Å²) in [7, 11) is 2.96. The standard InChI is InChI=1S/C22H24N2O6/c1-28-18-9-17(10-19(11-18)29-2)22(27)23-12-21(26)30-14-20(25)24-8-7-15-5-3-4-6-16(15)13-24/h3-6,9-11H,7-8,12-14H2,1-2H3,(H,23,27). The minimum absolute atomic E-state index is 0.262. The molecule has 30 heavy (non-hydrogen) atoms. The Kier molecular flexibility index (Phi) is 6.90. The summed E-state index contributed by atoms with van der Waals surface area (Å²) in [6, 6.07) is 12.7. The number of nitrogens with one attached hydrogen (secondary N) is 1. The highest BCUT2D eigenvalue weighted by atomic mass is 16.5. The van der Waals surface area contributed by atoms with Crippen LogP contribution >= 0.6 is 0 Å². The zero-order valence-corrected chi connectivity index (χ0v) is 17.0. The fourth-order valence-corrected chi connectivity index (χ4v) is 3.19. The SMILES string of the molecule is COc1cc(OC)cc(C(=O)NCC(=O)OCC(=O)N2CCc3ccccc3C2)c1. The van der Waals surface area contributed by atoms with Crippen LogP contribution < -0.4 is 14.8 Å². The maximum absolute atomic E-state index is 12.3. The van der Waals surface area contributed by atoms with Gasteiger partial charge in [-0.05, 0) is 29.7 Å². The molecule has 8 heteroatoms. The first kappa shape index (κ1) is 21.2. The molecule has 0 spiro atoms. The molecule has 0 unspecified atom stereocenters. The Morgan fingerprint density at radius 1 is 1.00 bits per heavy atom. The van der Waals surface area contributed by atoms with Crippen molar-refractivity contribution in [3.63, 3.8) is 0 Å². The third-order valence-electron chi connectivity index (χ3n) is 4.85. The minimum Gasteiger partial charge on any atom is -0.497 e. The molecule has 1 aliphatic rings. The number of fused-ring (bicyclic) bond motifs is 1. The number of methoxy groups -OCH3 is 2. The van der Waals surface area contributed by atoms with Gasteiger partial charge in [-0.1, -0.05) is 24.3 Å². The van der Waals surface area contributed by atoms with Crippen molar-refractivity contribution in [3.8, 4) is 11.5 Å². The predicted octanol–water partition coefficient (Wildman–Crippen LogP) is 1.56. The van der Waals surface area contributed by atoms with Crippen molar-refractivity contribution < 1.29 is 28.6 Å². The molecule has 1 aliphatic heterocycles. The van der Waals surface area contributed by atoms with Crippen LogP contribution in [0.1, 0.15) is 21.5 Å². The topological polar surface area (TPSA) is 94.2 Å². The summed E-state index contributed by atoms with van der Waals surface area (Å²) in [6.07, 6.45) is 0.774. The van der Waals surface area contributed by atoms with Crippen molar-refractivity contribution in [3.05, 3.63) is 59.2 Å². The molecule has 0 aromatic heterocycles. The molecule has 0 radical (unpaired) electrons. The maximum atomic E-state index is 12.3. The van der Waals surface area contributed by atoms with Crippen molar-refractivity contribution in [1.29, 1.82) is 0 Å². The molecule has 2 amide bonds. The Bertz CT molecular complexity index is 921. The first-order valence-corrected chi connectivity index (χ1v) is 9.51. The molecule has 0 bridgehead atoms. The molecule has 0 atom stereocenters. The average molecular weight is 412 g/mol. The first-order chi connectivity index (χ1) is 14.5. The van der Waals surface area contributed by atoms with E-state index in [1.807, 2.05) is 18.2 Å². The van der Waals surface area contributed by atoms with E-state index in [1.165, 1.54) is 31.9 Å². The number of hydrogen-bond donors (Lipinski definition) is 1. The van der Waals surface area contributed by atoms with Crippen LogP contribution in [0.25, 0.3) is 0 Å². The highest BCUT2D eigenvalue weighted by Crippen LogP contribution is 2.22. The number of esters is 1. The third-order valence-corrected chi connectivity index (χ3v) is 4.85. The quantitative estimate of drug-likeness (QED) is 0.694. The Balaban J connectivity index is 1.46. The van der Waals surface area contributed by atoms with Crippen LogP contribution in [-0.2, 0) is 27.3 Å². The highest BCUT2D eigenvalue weighted by molar-refractivity contribution is 5.96. The number of carbonyl (C=O) groups is 3. The van der Waals surface area contributed by atoms with Crippen LogP contribution in [0.15, 0.2) is 42.5 Å². The lowest BCUT2D eigenvalue weighted by atomic mass is 10.00. The van der Waals surface area contributed by atoms with E-state index in [1.54, 1.807) is 11.0 Å². The normalized spacial score (nSPS) is 12.5. The lowest BCUT2D eigenvalue weighted by Crippen LogP contribution is -2.39. The van der Waals surface area contributed by atoms with Gasteiger partial charge in [0.1, 0.15) is 18.0 Å². The van der Waals surface area contributed by atoms with Gasteiger partial charge in [0.05, 0.1) is 14.2 Å². The van der Waals surface area contributed by atoms with Crippen LogP contribution in [0.4, 0.5) is 0 Å². The number of carbonyl (C=O) groups excluding carboxylic acids is 3. The molecule has 158 valence electrons. The van der Waals surface area contributed by atoms with Gasteiger partial charge in [-0.15, -0.1) is 0 Å². The van der Waals surface area contributed by atoms with Crippen molar-refractivity contribution in [2.45, 2.75) is 13.0 Å². The van der Waals surface area contributed by atoms with E-state index < -0.39 is 11.9 Å². The molecular weight excluding hydrogens is 388 g/mol. The second-order valence-electron chi connectivity index (χ2n) is 6.78. The van der Waals surface area contributed by atoms with E-state index in [4.69, 9.17) is 14.2 Å². The van der Waals surface area contributed by atoms with E-state index in [2.05, 4.69) is 11.4 Å². The molecular formula is C22H24N2O6. The van der Waals surface area contributed by atoms with Gasteiger partial charge in [-0.2, -0.15) is 0 Å². The van der Waals surface area contributed by atoms with E-state index in [0.717, 1.165) is 12.0 Å². The fourth-order valence-electron chi connectivity index (χ4n) is 3.19. The van der Waals surface area contributed by atoms with Crippen LogP contribution in [0, 0.1) is 0 Å². The largest absolute Gasteiger partial charge is 0.497 e. The number of hydrogen-bond acceptors (Lipinski definition) is 6. The number of benzene rings is 2. The molecule has 1 N–H and O–H groups in total. The average Bonchev–Trinajstić information content (AvgIpc) is 2.80. The van der Waals surface area contributed by atoms with Gasteiger partial charge in [0.2, 0.25) is 0 Å². The van der Waals surface area contributed by atoms with Crippen LogP contribution in [0.3, 0.4) is 0 Å². The van der Waals surface area contributed by atoms with E-state index in [0.29, 0.717) is 24.6 Å². The molecule has 0 saturated carbocycles. The summed E-state index contributed by atoms with van der Waals surface area (Å²) in [4.78, 5) is 38.2. The molecule has 0 fully saturated rings. The smallest absolute Gasteiger partial charge is 0.325 e. The Hall–Kier alpha value is -3.55. The third kappa shape index (κ3) is 5.28. The predicted molar refractivity (Wildman–Crippen MR) is 108 cm³/mol. The van der Waals surface area contributed by atoms with Crippen molar-refractivity contribution in [1.82, 2.24) is 10.2 Å². The number of ether oxygens (including phenoxy) is 3. The molecule has 8 nitrogen and oxygen atoms in total. The summed E-state index contributed by atoms with van der Waals surface area (Å²) >= 11 is 0. The number of rotatable bonds is 7. The fraction of sp³-hybridized carbons (Fsp3) is 0.318. The highest BCUT2D eigenvalue weighted by Gasteiger charge is 2.21. The Labute approximate surface area is 174 Å². The van der Waals surface area contributed by atoms with Gasteiger partial charge < -0.3 is 24.4 Å². The van der Waals surface area contributed by atoms with Gasteiger partial charge in [-0.3, -0.25) is 14.4 Å². The summed E-state index contributed by atoms with van der Waals surface area (Å²) in [5.41, 5.74) is 2.61. The summed E-state index contributed by atoms with van der Waals surface area (Å²) in [5, 5.41) is 2.47. The number of nitrogens with zero attached hydrogens (tertiary/aromatic N) is 1. The Morgan fingerprint density at radius 3 is 2.33 bits per heavy atom. The van der Waals surface area contributed by atoms with Crippen molar-refractivity contribution in [2.24, 2.45) is 0 Å². The second-order valence-corrected chi connectivity index (χ2v) is 6.78. The van der Waals surface area contributed by atoms with Gasteiger partial charge in [0.25, 0.3) is 11.8 Å². The van der Waals surface area contributed by atoms with Crippen LogP contribution in [0.2, 0.25) is 0 Å². The Morgan fingerprint density at radius 2 is 1.67 bits per heavy atom. The molecule has 1 heterocycles. The van der Waals surface area contributed by atoms with Gasteiger partial charge in [-0.25, -0.2) is 0 Å². The second kappa shape index (κ2) is 9.78. The molecule has 3 rings (SSSR count). The molecule has 0 saturated heterocycles. The van der Waals surface area contributed by atoms with Crippen molar-refractivity contribution >= 4 is 17.8 Å². The number of amides is 2. The van der Waals surface area contributed by atoms with Crippen LogP contribution in [-0.4, -0.2) is 56.6 Å². The minimum atomic E-state index is -0.691. The van der Waals surface area contributed by atoms with Gasteiger partial charge in [0.15, 0.2) is 6.61 Å². The molecule has 2 aromatic carbocycles. The van der Waals surface area contributed by atoms with E-state index in [9.17, 15) is 14.4 Å². The maximum Gasteiger partial charge on any atom is 0.325 e. The van der Waals surface area contributed by atoms with Crippen LogP contribution in [0.5, 0.6) is 11.5 Å². The molecule has 2 aromatic rings. The summed E-state index contributed by atoms with van der Waals surface area (Å²) < 4.78 is 15.3. The first-order valence-electron chi connectivity index (χ1n) is 9.51. The lowest BCUT2D eigenvalue weighted by Gasteiger charge is -2.28. The lowest BCUT2D eigenvalue weighted by molar-refractivity contribution is -0.151. The summed E-state index contributed by atoms with van der Waals surface area (Å²) in [6.45, 7) is 0.376. The monoisotopic (exact) mass is 412 g/mol. The summed E-state index contributed by atoms with van der Waals surface area (Å²) in [5.74, 6) is -0.527. The van der Waals surface area contributed by atoms with E-state index >= 15 is 0 Å².